The highest BCUT2D eigenvalue weighted by atomic mass is 16.5. The molecule has 0 aromatic heterocycles. The van der Waals surface area contributed by atoms with Crippen LogP contribution in [0.4, 0.5) is 0 Å². The molecule has 0 spiro atoms. The Morgan fingerprint density at radius 3 is 2.53 bits per heavy atom. The third kappa shape index (κ3) is 3.70. The van der Waals surface area contributed by atoms with Gasteiger partial charge in [-0.25, -0.2) is 4.79 Å². The Labute approximate surface area is 113 Å². The Hall–Kier alpha value is -1.55. The molecular formula is C15H20O4. The van der Waals surface area contributed by atoms with Crippen molar-refractivity contribution in [2.75, 3.05) is 6.61 Å². The summed E-state index contributed by atoms with van der Waals surface area (Å²) in [6.07, 6.45) is 3.75. The van der Waals surface area contributed by atoms with E-state index in [0.29, 0.717) is 11.7 Å². The molecule has 1 aromatic rings. The van der Waals surface area contributed by atoms with Crippen LogP contribution in [-0.2, 0) is 9.53 Å². The summed E-state index contributed by atoms with van der Waals surface area (Å²) in [6, 6.07) is 6.98. The maximum atomic E-state index is 11.4. The highest BCUT2D eigenvalue weighted by Gasteiger charge is 2.19. The molecule has 0 radical (unpaired) electrons. The van der Waals surface area contributed by atoms with Crippen molar-refractivity contribution in [1.29, 1.82) is 0 Å². The van der Waals surface area contributed by atoms with E-state index in [1.54, 1.807) is 31.2 Å². The van der Waals surface area contributed by atoms with E-state index in [1.165, 1.54) is 12.8 Å². The first-order chi connectivity index (χ1) is 9.20. The van der Waals surface area contributed by atoms with E-state index in [9.17, 15) is 9.90 Å². The summed E-state index contributed by atoms with van der Waals surface area (Å²) in [5.41, 5.74) is 0.525. The summed E-state index contributed by atoms with van der Waals surface area (Å²) >= 11 is 0. The Morgan fingerprint density at radius 1 is 1.32 bits per heavy atom. The lowest BCUT2D eigenvalue weighted by Crippen LogP contribution is -2.15. The van der Waals surface area contributed by atoms with Gasteiger partial charge in [0.05, 0.1) is 12.7 Å². The average Bonchev–Trinajstić information content (AvgIpc) is 2.92. The van der Waals surface area contributed by atoms with Crippen molar-refractivity contribution in [2.45, 2.75) is 44.8 Å². The van der Waals surface area contributed by atoms with E-state index in [2.05, 4.69) is 0 Å². The molecular weight excluding hydrogens is 244 g/mol. The number of carbonyl (C=O) groups is 1. The van der Waals surface area contributed by atoms with Crippen LogP contribution in [0.1, 0.15) is 44.3 Å². The molecule has 2 rings (SSSR count). The maximum Gasteiger partial charge on any atom is 0.339 e. The number of rotatable bonds is 5. The molecule has 0 heterocycles. The van der Waals surface area contributed by atoms with Gasteiger partial charge in [0.1, 0.15) is 5.75 Å². The predicted octanol–water partition coefficient (Wildman–Crippen LogP) is 2.60. The van der Waals surface area contributed by atoms with Gasteiger partial charge >= 0.3 is 5.97 Å². The average molecular weight is 264 g/mol. The molecule has 0 bridgehead atoms. The molecule has 4 heteroatoms. The Morgan fingerprint density at radius 2 is 1.95 bits per heavy atom. The van der Waals surface area contributed by atoms with Gasteiger partial charge in [0, 0.05) is 0 Å². The van der Waals surface area contributed by atoms with Crippen LogP contribution in [0.15, 0.2) is 24.3 Å². The number of ether oxygens (including phenoxy) is 2. The number of hydrogen-bond acceptors (Lipinski definition) is 4. The fraction of sp³-hybridized carbons (Fsp3) is 0.533. The number of benzene rings is 1. The van der Waals surface area contributed by atoms with E-state index in [1.807, 2.05) is 0 Å². The van der Waals surface area contributed by atoms with Crippen molar-refractivity contribution in [1.82, 2.24) is 0 Å². The lowest BCUT2D eigenvalue weighted by molar-refractivity contribution is -0.153. The van der Waals surface area contributed by atoms with Gasteiger partial charge in [0.2, 0.25) is 0 Å². The second-order valence-electron chi connectivity index (χ2n) is 4.75. The first-order valence-corrected chi connectivity index (χ1v) is 6.82. The smallest absolute Gasteiger partial charge is 0.339 e. The minimum atomic E-state index is -1.22. The summed E-state index contributed by atoms with van der Waals surface area (Å²) in [5, 5.41) is 9.78. The van der Waals surface area contributed by atoms with Crippen molar-refractivity contribution in [3.8, 4) is 5.75 Å². The first kappa shape index (κ1) is 13.9. The molecule has 0 aliphatic heterocycles. The first-order valence-electron chi connectivity index (χ1n) is 6.82. The standard InChI is InChI=1S/C15H20O4/c1-2-18-15(17)14(16)11-7-9-13(10-8-11)19-12-5-3-4-6-12/h7-10,12,14,16H,2-6H2,1H3. The van der Waals surface area contributed by atoms with Gasteiger partial charge in [0.15, 0.2) is 6.10 Å². The van der Waals surface area contributed by atoms with Crippen molar-refractivity contribution < 1.29 is 19.4 Å². The van der Waals surface area contributed by atoms with Crippen molar-refractivity contribution in [3.63, 3.8) is 0 Å². The van der Waals surface area contributed by atoms with Crippen LogP contribution in [0.3, 0.4) is 0 Å². The van der Waals surface area contributed by atoms with Crippen LogP contribution in [0.2, 0.25) is 0 Å². The van der Waals surface area contributed by atoms with Crippen molar-refractivity contribution >= 4 is 5.97 Å². The summed E-state index contributed by atoms with van der Waals surface area (Å²) < 4.78 is 10.6. The van der Waals surface area contributed by atoms with Crippen LogP contribution in [-0.4, -0.2) is 23.8 Å². The lowest BCUT2D eigenvalue weighted by Gasteiger charge is -2.14. The highest BCUT2D eigenvalue weighted by Crippen LogP contribution is 2.25. The minimum Gasteiger partial charge on any atom is -0.490 e. The van der Waals surface area contributed by atoms with Gasteiger partial charge < -0.3 is 14.6 Å². The number of aliphatic hydroxyl groups excluding tert-OH is 1. The number of hydrogen-bond donors (Lipinski definition) is 1. The summed E-state index contributed by atoms with van der Waals surface area (Å²) in [6.45, 7) is 1.97. The number of aliphatic hydroxyl groups is 1. The molecule has 1 saturated carbocycles. The van der Waals surface area contributed by atoms with Gasteiger partial charge in [-0.1, -0.05) is 12.1 Å². The second-order valence-corrected chi connectivity index (χ2v) is 4.75. The molecule has 1 atom stereocenters. The Bertz CT molecular complexity index is 407. The van der Waals surface area contributed by atoms with Gasteiger partial charge in [-0.2, -0.15) is 0 Å². The third-order valence-corrected chi connectivity index (χ3v) is 3.31. The predicted molar refractivity (Wildman–Crippen MR) is 70.9 cm³/mol. The van der Waals surface area contributed by atoms with Gasteiger partial charge in [-0.3, -0.25) is 0 Å². The minimum absolute atomic E-state index is 0.263. The molecule has 1 aromatic carbocycles. The SMILES string of the molecule is CCOC(=O)C(O)c1ccc(OC2CCCC2)cc1. The molecule has 104 valence electrons. The largest absolute Gasteiger partial charge is 0.490 e. The van der Waals surface area contributed by atoms with Crippen LogP contribution < -0.4 is 4.74 Å². The monoisotopic (exact) mass is 264 g/mol. The number of esters is 1. The van der Waals surface area contributed by atoms with Crippen molar-refractivity contribution in [3.05, 3.63) is 29.8 Å². The Balaban J connectivity index is 1.95. The van der Waals surface area contributed by atoms with Crippen LogP contribution >= 0.6 is 0 Å². The van der Waals surface area contributed by atoms with Gasteiger partial charge in [-0.05, 0) is 50.3 Å². The maximum absolute atomic E-state index is 11.4. The van der Waals surface area contributed by atoms with E-state index >= 15 is 0 Å². The highest BCUT2D eigenvalue weighted by molar-refractivity contribution is 5.76. The molecule has 19 heavy (non-hydrogen) atoms. The third-order valence-electron chi connectivity index (χ3n) is 3.31. The van der Waals surface area contributed by atoms with E-state index in [-0.39, 0.29) is 6.61 Å². The zero-order chi connectivity index (χ0) is 13.7. The summed E-state index contributed by atoms with van der Waals surface area (Å²) in [4.78, 5) is 11.4. The van der Waals surface area contributed by atoms with Crippen LogP contribution in [0, 0.1) is 0 Å². The van der Waals surface area contributed by atoms with E-state index in [0.717, 1.165) is 18.6 Å². The Kier molecular flexibility index (Phi) is 4.80. The molecule has 0 amide bonds. The lowest BCUT2D eigenvalue weighted by atomic mass is 10.1. The summed E-state index contributed by atoms with van der Waals surface area (Å²) in [5.74, 6) is 0.165. The van der Waals surface area contributed by atoms with Gasteiger partial charge in [-0.15, -0.1) is 0 Å². The zero-order valence-corrected chi connectivity index (χ0v) is 11.2. The van der Waals surface area contributed by atoms with E-state index < -0.39 is 12.1 Å². The quantitative estimate of drug-likeness (QED) is 0.830. The fourth-order valence-electron chi connectivity index (χ4n) is 2.28. The van der Waals surface area contributed by atoms with Crippen molar-refractivity contribution in [2.24, 2.45) is 0 Å². The van der Waals surface area contributed by atoms with E-state index in [4.69, 9.17) is 9.47 Å². The molecule has 1 unspecified atom stereocenters. The molecule has 1 N–H and O–H groups in total. The molecule has 0 saturated heterocycles. The zero-order valence-electron chi connectivity index (χ0n) is 11.2. The fourth-order valence-corrected chi connectivity index (χ4v) is 2.28. The second kappa shape index (κ2) is 6.57. The molecule has 1 aliphatic carbocycles. The van der Waals surface area contributed by atoms with Crippen LogP contribution in [0.5, 0.6) is 5.75 Å². The normalized spacial score (nSPS) is 17.2. The topological polar surface area (TPSA) is 55.8 Å². The number of carbonyl (C=O) groups excluding carboxylic acids is 1. The summed E-state index contributed by atoms with van der Waals surface area (Å²) in [7, 11) is 0. The van der Waals surface area contributed by atoms with Gasteiger partial charge in [0.25, 0.3) is 0 Å². The molecule has 1 fully saturated rings. The molecule has 4 nitrogen and oxygen atoms in total. The molecule has 1 aliphatic rings. The van der Waals surface area contributed by atoms with Crippen LogP contribution in [0.25, 0.3) is 0 Å².